The highest BCUT2D eigenvalue weighted by Crippen LogP contribution is 2.15. The molecule has 2 atom stereocenters. The van der Waals surface area contributed by atoms with E-state index in [4.69, 9.17) is 22.9 Å². The van der Waals surface area contributed by atoms with Gasteiger partial charge in [0, 0.05) is 105 Å². The molecule has 12 N–H and O–H groups in total. The van der Waals surface area contributed by atoms with E-state index < -0.39 is 47.0 Å². The highest BCUT2D eigenvalue weighted by molar-refractivity contribution is 5.90. The standard InChI is InChI=1S/C39H74N14O8/c1-26(2)44-18-22-52(29(5)56)31(12-10-14-48-37(40)41)35(60)47-17-21-51(28(4)55)25-34(59)45-19-23-53(30(6)57)32(13-11-15-49-38(42)43)36(61)46-16-20-50(27(3)54)24-33(58)39(7,8)9/h26,31-32,44H,10-25H2,1-9H3,(H,45,59)(H,46,61)(H,47,60)(H4,40,41,48)(H4,42,43,49). The number of nitrogens with one attached hydrogen (secondary N) is 4. The molecule has 2 unspecified atom stereocenters. The van der Waals surface area contributed by atoms with Crippen LogP contribution in [0.4, 0.5) is 0 Å². The monoisotopic (exact) mass is 867 g/mol. The van der Waals surface area contributed by atoms with Crippen LogP contribution >= 0.6 is 0 Å². The second kappa shape index (κ2) is 28.8. The lowest BCUT2D eigenvalue weighted by atomic mass is 9.90. The molecule has 22 heteroatoms. The molecule has 0 saturated carbocycles. The minimum Gasteiger partial charge on any atom is -0.370 e. The molecule has 0 rings (SSSR count). The molecule has 0 saturated heterocycles. The number of Topliss-reactive ketones (excluding diaryl/α,β-unsaturated/α-hetero) is 1. The van der Waals surface area contributed by atoms with Crippen LogP contribution in [0.3, 0.4) is 0 Å². The van der Waals surface area contributed by atoms with Gasteiger partial charge < -0.3 is 63.8 Å². The molecule has 0 fully saturated rings. The number of carbonyl (C=O) groups excluding carboxylic acids is 8. The van der Waals surface area contributed by atoms with Crippen molar-refractivity contribution in [2.75, 3.05) is 78.5 Å². The molecule has 0 aliphatic heterocycles. The number of guanidine groups is 2. The van der Waals surface area contributed by atoms with Crippen molar-refractivity contribution in [1.29, 1.82) is 0 Å². The number of hydrogen-bond donors (Lipinski definition) is 8. The second-order valence-electron chi connectivity index (χ2n) is 15.9. The zero-order chi connectivity index (χ0) is 46.9. The first kappa shape index (κ1) is 55.5. The maximum absolute atomic E-state index is 13.5. The zero-order valence-corrected chi connectivity index (χ0v) is 37.8. The summed E-state index contributed by atoms with van der Waals surface area (Å²) >= 11 is 0. The smallest absolute Gasteiger partial charge is 0.242 e. The van der Waals surface area contributed by atoms with Crippen LogP contribution in [0, 0.1) is 5.41 Å². The van der Waals surface area contributed by atoms with E-state index >= 15 is 0 Å². The number of nitrogens with zero attached hydrogens (tertiary/aromatic N) is 6. The number of aliphatic imine (C=N–C) groups is 2. The van der Waals surface area contributed by atoms with Crippen molar-refractivity contribution in [3.63, 3.8) is 0 Å². The Hall–Kier alpha value is -5.54. The van der Waals surface area contributed by atoms with E-state index in [1.54, 1.807) is 20.8 Å². The van der Waals surface area contributed by atoms with Gasteiger partial charge >= 0.3 is 0 Å². The molecule has 7 amide bonds. The molecule has 0 aromatic rings. The average molecular weight is 867 g/mol. The van der Waals surface area contributed by atoms with Gasteiger partial charge in [-0.15, -0.1) is 0 Å². The van der Waals surface area contributed by atoms with Gasteiger partial charge in [-0.05, 0) is 25.7 Å². The minimum absolute atomic E-state index is 0.00883. The van der Waals surface area contributed by atoms with Crippen molar-refractivity contribution in [2.24, 2.45) is 38.3 Å². The van der Waals surface area contributed by atoms with Crippen LogP contribution in [-0.2, 0) is 38.4 Å². The Bertz CT molecular complexity index is 1520. The lowest BCUT2D eigenvalue weighted by Crippen LogP contribution is -2.53. The fourth-order valence-corrected chi connectivity index (χ4v) is 5.90. The van der Waals surface area contributed by atoms with Crippen LogP contribution in [0.15, 0.2) is 9.98 Å². The number of amides is 7. The Morgan fingerprint density at radius 3 is 1.31 bits per heavy atom. The summed E-state index contributed by atoms with van der Waals surface area (Å²) in [5.41, 5.74) is 21.1. The fraction of sp³-hybridized carbons (Fsp3) is 0.744. The second-order valence-corrected chi connectivity index (χ2v) is 15.9. The lowest BCUT2D eigenvalue weighted by molar-refractivity contribution is -0.140. The molecule has 0 aromatic heterocycles. The van der Waals surface area contributed by atoms with Crippen LogP contribution in [0.25, 0.3) is 0 Å². The normalized spacial score (nSPS) is 12.0. The van der Waals surface area contributed by atoms with Crippen LogP contribution in [0.1, 0.15) is 88.0 Å². The topological polar surface area (TPSA) is 326 Å². The molecule has 22 nitrogen and oxygen atoms in total. The maximum atomic E-state index is 13.5. The first-order chi connectivity index (χ1) is 28.4. The Morgan fingerprint density at radius 1 is 0.557 bits per heavy atom. The van der Waals surface area contributed by atoms with E-state index in [2.05, 4.69) is 31.3 Å². The highest BCUT2D eigenvalue weighted by Gasteiger charge is 2.30. The summed E-state index contributed by atoms with van der Waals surface area (Å²) in [5, 5.41) is 11.5. The largest absolute Gasteiger partial charge is 0.370 e. The van der Waals surface area contributed by atoms with Crippen LogP contribution in [0.5, 0.6) is 0 Å². The SMILES string of the molecule is CC(=O)N(CCNC(=O)C(CCCN=C(N)N)N(CCNC(C)C)C(C)=O)CC(=O)NCCN(C(C)=O)C(CCCN=C(N)N)C(=O)NCCN(CC(=O)C(C)(C)C)C(C)=O. The Morgan fingerprint density at radius 2 is 0.951 bits per heavy atom. The van der Waals surface area contributed by atoms with E-state index in [-0.39, 0.29) is 120 Å². The molecule has 61 heavy (non-hydrogen) atoms. The lowest BCUT2D eigenvalue weighted by Gasteiger charge is -2.31. The van der Waals surface area contributed by atoms with Crippen molar-refractivity contribution in [2.45, 2.75) is 106 Å². The molecule has 0 radical (unpaired) electrons. The Balaban J connectivity index is 5.68. The summed E-state index contributed by atoms with van der Waals surface area (Å²) in [7, 11) is 0. The Kier molecular flexibility index (Phi) is 26.2. The van der Waals surface area contributed by atoms with Crippen LogP contribution < -0.4 is 44.2 Å². The van der Waals surface area contributed by atoms with Crippen molar-refractivity contribution in [3.05, 3.63) is 0 Å². The zero-order valence-electron chi connectivity index (χ0n) is 37.8. The third-order valence-electron chi connectivity index (χ3n) is 9.36. The van der Waals surface area contributed by atoms with Gasteiger partial charge in [0.15, 0.2) is 17.7 Å². The molecular formula is C39H74N14O8. The molecule has 0 bridgehead atoms. The van der Waals surface area contributed by atoms with Crippen LogP contribution in [-0.4, -0.2) is 175 Å². The number of carbonyl (C=O) groups is 8. The number of nitrogens with two attached hydrogens (primary N) is 4. The molecule has 0 aliphatic carbocycles. The van der Waals surface area contributed by atoms with E-state index in [0.717, 1.165) is 0 Å². The number of ketones is 1. The first-order valence-corrected chi connectivity index (χ1v) is 20.6. The summed E-state index contributed by atoms with van der Waals surface area (Å²) in [6.45, 7) is 15.1. The van der Waals surface area contributed by atoms with E-state index in [1.165, 1.54) is 47.3 Å². The number of hydrogen-bond acceptors (Lipinski definition) is 11. The molecule has 0 heterocycles. The minimum atomic E-state index is -0.997. The maximum Gasteiger partial charge on any atom is 0.242 e. The third kappa shape index (κ3) is 24.3. The molecule has 348 valence electrons. The fourth-order valence-electron chi connectivity index (χ4n) is 5.90. The Labute approximate surface area is 360 Å². The van der Waals surface area contributed by atoms with Crippen molar-refractivity contribution in [1.82, 2.24) is 40.9 Å². The van der Waals surface area contributed by atoms with Gasteiger partial charge in [-0.2, -0.15) is 0 Å². The summed E-state index contributed by atoms with van der Waals surface area (Å²) in [5.74, 6) is -3.38. The van der Waals surface area contributed by atoms with E-state index in [1.807, 2.05) is 13.8 Å². The predicted octanol–water partition coefficient (Wildman–Crippen LogP) is -2.81. The van der Waals surface area contributed by atoms with E-state index in [0.29, 0.717) is 19.4 Å². The summed E-state index contributed by atoms with van der Waals surface area (Å²) < 4.78 is 0. The van der Waals surface area contributed by atoms with Gasteiger partial charge in [-0.1, -0.05) is 34.6 Å². The molecular weight excluding hydrogens is 793 g/mol. The number of rotatable bonds is 29. The first-order valence-electron chi connectivity index (χ1n) is 20.6. The predicted molar refractivity (Wildman–Crippen MR) is 233 cm³/mol. The van der Waals surface area contributed by atoms with Crippen LogP contribution in [0.2, 0.25) is 0 Å². The quantitative estimate of drug-likeness (QED) is 0.0214. The average Bonchev–Trinajstić information content (AvgIpc) is 3.13. The summed E-state index contributed by atoms with van der Waals surface area (Å²) in [4.78, 5) is 116. The van der Waals surface area contributed by atoms with Crippen molar-refractivity contribution < 1.29 is 38.4 Å². The summed E-state index contributed by atoms with van der Waals surface area (Å²) in [6.07, 6.45) is 1.19. The van der Waals surface area contributed by atoms with Gasteiger partial charge in [0.25, 0.3) is 0 Å². The van der Waals surface area contributed by atoms with Gasteiger partial charge in [0.05, 0.1) is 13.1 Å². The van der Waals surface area contributed by atoms with Gasteiger partial charge in [0.1, 0.15) is 12.1 Å². The third-order valence-corrected chi connectivity index (χ3v) is 9.36. The van der Waals surface area contributed by atoms with Gasteiger partial charge in [0.2, 0.25) is 41.4 Å². The summed E-state index contributed by atoms with van der Waals surface area (Å²) in [6, 6.07) is -1.66. The molecule has 0 aromatic carbocycles. The van der Waals surface area contributed by atoms with Gasteiger partial charge in [-0.25, -0.2) is 0 Å². The highest BCUT2D eigenvalue weighted by atomic mass is 16.2. The van der Waals surface area contributed by atoms with E-state index in [9.17, 15) is 38.4 Å². The van der Waals surface area contributed by atoms with Crippen molar-refractivity contribution >= 4 is 59.1 Å². The molecule has 0 spiro atoms. The van der Waals surface area contributed by atoms with Gasteiger partial charge in [-0.3, -0.25) is 48.3 Å². The molecule has 0 aliphatic rings. The van der Waals surface area contributed by atoms with Crippen molar-refractivity contribution in [3.8, 4) is 0 Å².